The highest BCUT2D eigenvalue weighted by Gasteiger charge is 2.15. The molecule has 3 heteroatoms. The van der Waals surface area contributed by atoms with Gasteiger partial charge in [-0.1, -0.05) is 0 Å². The summed E-state index contributed by atoms with van der Waals surface area (Å²) in [5, 5.41) is 3.45. The van der Waals surface area contributed by atoms with E-state index in [0.717, 1.165) is 5.92 Å². The third-order valence-electron chi connectivity index (χ3n) is 2.72. The number of aromatic nitrogens is 1. The number of piperidine rings is 1. The van der Waals surface area contributed by atoms with Gasteiger partial charge in [0, 0.05) is 4.88 Å². The van der Waals surface area contributed by atoms with Gasteiger partial charge in [-0.3, -0.25) is 0 Å². The summed E-state index contributed by atoms with van der Waals surface area (Å²) in [4.78, 5) is 5.76. The molecule has 2 heterocycles. The molecule has 2 nitrogen and oxygen atoms in total. The van der Waals surface area contributed by atoms with Crippen LogP contribution in [0, 0.1) is 12.8 Å². The highest BCUT2D eigenvalue weighted by atomic mass is 32.1. The summed E-state index contributed by atoms with van der Waals surface area (Å²) in [5.41, 5.74) is 3.19. The number of rotatable bonds is 2. The molecule has 1 saturated heterocycles. The molecular formula is C10H16N2S. The molecule has 0 radical (unpaired) electrons. The largest absolute Gasteiger partial charge is 0.316 e. The molecule has 0 spiro atoms. The fourth-order valence-electron chi connectivity index (χ4n) is 1.88. The molecule has 1 aromatic heterocycles. The second kappa shape index (κ2) is 4.20. The predicted molar refractivity (Wildman–Crippen MR) is 56.1 cm³/mol. The standard InChI is InChI=1S/C10H16N2S/c1-8-10(13-7-12-8)5-9-3-2-4-11-6-9/h7,9,11H,2-6H2,1H3. The van der Waals surface area contributed by atoms with Gasteiger partial charge in [-0.25, -0.2) is 4.98 Å². The molecule has 1 aliphatic rings. The average molecular weight is 196 g/mol. The molecule has 0 aliphatic carbocycles. The van der Waals surface area contributed by atoms with Crippen LogP contribution in [0.1, 0.15) is 23.4 Å². The third kappa shape index (κ3) is 2.29. The summed E-state index contributed by atoms with van der Waals surface area (Å²) >= 11 is 1.80. The lowest BCUT2D eigenvalue weighted by Gasteiger charge is -2.22. The molecule has 0 aromatic carbocycles. The van der Waals surface area contributed by atoms with Crippen molar-refractivity contribution < 1.29 is 0 Å². The smallest absolute Gasteiger partial charge is 0.0797 e. The summed E-state index contributed by atoms with van der Waals surface area (Å²) in [7, 11) is 0. The van der Waals surface area contributed by atoms with Gasteiger partial charge in [0.25, 0.3) is 0 Å². The molecule has 1 unspecified atom stereocenters. The van der Waals surface area contributed by atoms with Crippen molar-refractivity contribution in [2.45, 2.75) is 26.2 Å². The van der Waals surface area contributed by atoms with E-state index in [1.807, 2.05) is 5.51 Å². The zero-order valence-corrected chi connectivity index (χ0v) is 8.86. The van der Waals surface area contributed by atoms with Gasteiger partial charge in [0.05, 0.1) is 11.2 Å². The molecule has 1 atom stereocenters. The molecule has 0 saturated carbocycles. The van der Waals surface area contributed by atoms with Crippen molar-refractivity contribution in [2.75, 3.05) is 13.1 Å². The summed E-state index contributed by atoms with van der Waals surface area (Å²) in [6.07, 6.45) is 3.94. The Balaban J connectivity index is 1.93. The number of hydrogen-bond acceptors (Lipinski definition) is 3. The van der Waals surface area contributed by atoms with E-state index < -0.39 is 0 Å². The van der Waals surface area contributed by atoms with Gasteiger partial charge in [0.1, 0.15) is 0 Å². The Morgan fingerprint density at radius 1 is 1.69 bits per heavy atom. The van der Waals surface area contributed by atoms with E-state index in [2.05, 4.69) is 17.2 Å². The minimum Gasteiger partial charge on any atom is -0.316 e. The van der Waals surface area contributed by atoms with Crippen molar-refractivity contribution >= 4 is 11.3 Å². The Morgan fingerprint density at radius 3 is 3.23 bits per heavy atom. The molecule has 0 amide bonds. The van der Waals surface area contributed by atoms with Crippen LogP contribution < -0.4 is 5.32 Å². The average Bonchev–Trinajstić information content (AvgIpc) is 2.54. The first-order valence-corrected chi connectivity index (χ1v) is 5.84. The maximum absolute atomic E-state index is 4.28. The van der Waals surface area contributed by atoms with Crippen LogP contribution in [-0.2, 0) is 6.42 Å². The molecule has 0 bridgehead atoms. The highest BCUT2D eigenvalue weighted by Crippen LogP contribution is 2.21. The van der Waals surface area contributed by atoms with Gasteiger partial charge >= 0.3 is 0 Å². The van der Waals surface area contributed by atoms with Gasteiger partial charge in [-0.15, -0.1) is 11.3 Å². The normalized spacial score (nSPS) is 23.3. The van der Waals surface area contributed by atoms with E-state index >= 15 is 0 Å². The molecule has 1 fully saturated rings. The van der Waals surface area contributed by atoms with E-state index in [9.17, 15) is 0 Å². The molecule has 2 rings (SSSR count). The van der Waals surface area contributed by atoms with E-state index in [-0.39, 0.29) is 0 Å². The van der Waals surface area contributed by atoms with E-state index in [0.29, 0.717) is 0 Å². The maximum atomic E-state index is 4.28. The van der Waals surface area contributed by atoms with Crippen LogP contribution >= 0.6 is 11.3 Å². The Morgan fingerprint density at radius 2 is 2.62 bits per heavy atom. The second-order valence-electron chi connectivity index (χ2n) is 3.78. The zero-order chi connectivity index (χ0) is 9.10. The number of nitrogens with one attached hydrogen (secondary N) is 1. The fraction of sp³-hybridized carbons (Fsp3) is 0.700. The number of nitrogens with zero attached hydrogens (tertiary/aromatic N) is 1. The number of thiazole rings is 1. The van der Waals surface area contributed by atoms with Crippen LogP contribution in [0.4, 0.5) is 0 Å². The van der Waals surface area contributed by atoms with E-state index in [4.69, 9.17) is 0 Å². The van der Waals surface area contributed by atoms with Crippen LogP contribution in [0.15, 0.2) is 5.51 Å². The first-order valence-electron chi connectivity index (χ1n) is 4.96. The van der Waals surface area contributed by atoms with Crippen molar-refractivity contribution in [3.8, 4) is 0 Å². The van der Waals surface area contributed by atoms with Crippen LogP contribution in [0.5, 0.6) is 0 Å². The maximum Gasteiger partial charge on any atom is 0.0797 e. The van der Waals surface area contributed by atoms with Crippen LogP contribution in [0.3, 0.4) is 0 Å². The molecule has 13 heavy (non-hydrogen) atoms. The van der Waals surface area contributed by atoms with E-state index in [1.165, 1.54) is 42.9 Å². The van der Waals surface area contributed by atoms with Gasteiger partial charge in [0.2, 0.25) is 0 Å². The van der Waals surface area contributed by atoms with Gasteiger partial charge in [-0.05, 0) is 45.2 Å². The lowest BCUT2D eigenvalue weighted by Crippen LogP contribution is -2.30. The monoisotopic (exact) mass is 196 g/mol. The SMILES string of the molecule is Cc1ncsc1CC1CCCNC1. The highest BCUT2D eigenvalue weighted by molar-refractivity contribution is 7.09. The molecule has 1 aliphatic heterocycles. The molecule has 72 valence electrons. The van der Waals surface area contributed by atoms with Crippen molar-refractivity contribution in [3.63, 3.8) is 0 Å². The number of aryl methyl sites for hydroxylation is 1. The Kier molecular flexibility index (Phi) is 2.96. The Hall–Kier alpha value is -0.410. The Labute approximate surface area is 83.4 Å². The molecular weight excluding hydrogens is 180 g/mol. The summed E-state index contributed by atoms with van der Waals surface area (Å²) in [6, 6.07) is 0. The van der Waals surface area contributed by atoms with Crippen LogP contribution in [0.25, 0.3) is 0 Å². The first kappa shape index (κ1) is 9.16. The van der Waals surface area contributed by atoms with Crippen molar-refractivity contribution in [1.82, 2.24) is 10.3 Å². The lowest BCUT2D eigenvalue weighted by molar-refractivity contribution is 0.377. The summed E-state index contributed by atoms with van der Waals surface area (Å²) in [5.74, 6) is 0.841. The van der Waals surface area contributed by atoms with Crippen LogP contribution in [-0.4, -0.2) is 18.1 Å². The van der Waals surface area contributed by atoms with Gasteiger partial charge in [0.15, 0.2) is 0 Å². The topological polar surface area (TPSA) is 24.9 Å². The zero-order valence-electron chi connectivity index (χ0n) is 8.05. The minimum absolute atomic E-state index is 0.841. The first-order chi connectivity index (χ1) is 6.36. The van der Waals surface area contributed by atoms with Crippen molar-refractivity contribution in [1.29, 1.82) is 0 Å². The summed E-state index contributed by atoms with van der Waals surface area (Å²) < 4.78 is 0. The van der Waals surface area contributed by atoms with Crippen molar-refractivity contribution in [2.24, 2.45) is 5.92 Å². The fourth-order valence-corrected chi connectivity index (χ4v) is 2.78. The van der Waals surface area contributed by atoms with Crippen LogP contribution in [0.2, 0.25) is 0 Å². The minimum atomic E-state index is 0.841. The summed E-state index contributed by atoms with van der Waals surface area (Å²) in [6.45, 7) is 4.51. The lowest BCUT2D eigenvalue weighted by atomic mass is 9.95. The quantitative estimate of drug-likeness (QED) is 0.782. The van der Waals surface area contributed by atoms with Gasteiger partial charge < -0.3 is 5.32 Å². The van der Waals surface area contributed by atoms with Gasteiger partial charge in [-0.2, -0.15) is 0 Å². The third-order valence-corrected chi connectivity index (χ3v) is 3.68. The Bertz CT molecular complexity index is 264. The molecule has 1 N–H and O–H groups in total. The number of hydrogen-bond donors (Lipinski definition) is 1. The van der Waals surface area contributed by atoms with E-state index in [1.54, 1.807) is 11.3 Å². The predicted octanol–water partition coefficient (Wildman–Crippen LogP) is 1.99. The molecule has 1 aromatic rings. The van der Waals surface area contributed by atoms with Crippen molar-refractivity contribution in [3.05, 3.63) is 16.1 Å². The second-order valence-corrected chi connectivity index (χ2v) is 4.72.